The fraction of sp³-hybridized carbons (Fsp3) is 0.312. The van der Waals surface area contributed by atoms with Gasteiger partial charge < -0.3 is 14.6 Å². The lowest BCUT2D eigenvalue weighted by atomic mass is 10.1. The maximum atomic E-state index is 12.5. The molecule has 23 heavy (non-hydrogen) atoms. The number of carbonyl (C=O) groups is 2. The van der Waals surface area contributed by atoms with Crippen molar-refractivity contribution >= 4 is 17.5 Å². The van der Waals surface area contributed by atoms with E-state index in [4.69, 9.17) is 4.74 Å². The largest absolute Gasteiger partial charge is 0.467 e. The number of aromatic nitrogens is 1. The first kappa shape index (κ1) is 16.7. The Bertz CT molecular complexity index is 795. The number of pyridine rings is 2. The van der Waals surface area contributed by atoms with E-state index in [9.17, 15) is 19.5 Å². The van der Waals surface area contributed by atoms with Crippen molar-refractivity contribution in [2.45, 2.75) is 19.4 Å². The number of aliphatic hydroxyl groups excluding tert-OH is 1. The molecule has 0 amide bonds. The summed E-state index contributed by atoms with van der Waals surface area (Å²) in [5.74, 6) is -1.43. The molecule has 0 fully saturated rings. The Labute approximate surface area is 132 Å². The van der Waals surface area contributed by atoms with Crippen molar-refractivity contribution in [3.05, 3.63) is 51.9 Å². The zero-order valence-electron chi connectivity index (χ0n) is 12.8. The van der Waals surface area contributed by atoms with E-state index < -0.39 is 23.6 Å². The van der Waals surface area contributed by atoms with Gasteiger partial charge in [0.05, 0.1) is 24.8 Å². The lowest BCUT2D eigenvalue weighted by molar-refractivity contribution is -0.150. The molecule has 0 aliphatic heterocycles. The van der Waals surface area contributed by atoms with Gasteiger partial charge in [-0.1, -0.05) is 6.07 Å². The summed E-state index contributed by atoms with van der Waals surface area (Å²) in [6.07, 6.45) is -0.228. The summed E-state index contributed by atoms with van der Waals surface area (Å²) in [5.41, 5.74) is 0.289. The maximum absolute atomic E-state index is 12.5. The first-order chi connectivity index (χ1) is 11.0. The molecule has 0 radical (unpaired) electrons. The number of rotatable bonds is 5. The van der Waals surface area contributed by atoms with Crippen molar-refractivity contribution in [3.63, 3.8) is 0 Å². The second kappa shape index (κ2) is 7.06. The number of hydrogen-bond acceptors (Lipinski definition) is 6. The minimum absolute atomic E-state index is 0.120. The molecule has 0 saturated carbocycles. The van der Waals surface area contributed by atoms with Gasteiger partial charge in [0.2, 0.25) is 0 Å². The van der Waals surface area contributed by atoms with E-state index in [1.807, 2.05) is 0 Å². The molecule has 2 aromatic rings. The lowest BCUT2D eigenvalue weighted by Gasteiger charge is -2.12. The third-order valence-corrected chi connectivity index (χ3v) is 3.33. The highest BCUT2D eigenvalue weighted by Gasteiger charge is 2.21. The molecular formula is C16H17NO6. The molecule has 0 spiro atoms. The van der Waals surface area contributed by atoms with Gasteiger partial charge in [-0.25, -0.2) is 9.59 Å². The fourth-order valence-corrected chi connectivity index (χ4v) is 2.25. The molecule has 7 heteroatoms. The van der Waals surface area contributed by atoms with E-state index in [1.165, 1.54) is 16.7 Å². The summed E-state index contributed by atoms with van der Waals surface area (Å²) in [6, 6.07) is 6.31. The monoisotopic (exact) mass is 319 g/mol. The Balaban J connectivity index is 2.57. The van der Waals surface area contributed by atoms with Crippen LogP contribution in [0.4, 0.5) is 0 Å². The minimum Gasteiger partial charge on any atom is -0.467 e. The fourth-order valence-electron chi connectivity index (χ4n) is 2.25. The Hall–Kier alpha value is -2.67. The number of ether oxygens (including phenoxy) is 2. The van der Waals surface area contributed by atoms with Gasteiger partial charge in [-0.3, -0.25) is 9.20 Å². The van der Waals surface area contributed by atoms with E-state index >= 15 is 0 Å². The third kappa shape index (κ3) is 3.40. The van der Waals surface area contributed by atoms with Gasteiger partial charge in [0, 0.05) is 18.2 Å². The Morgan fingerprint density at radius 2 is 2.09 bits per heavy atom. The second-order valence-electron chi connectivity index (χ2n) is 4.81. The van der Waals surface area contributed by atoms with E-state index in [1.54, 1.807) is 25.1 Å². The van der Waals surface area contributed by atoms with Crippen LogP contribution in [0.5, 0.6) is 0 Å². The summed E-state index contributed by atoms with van der Waals surface area (Å²) < 4.78 is 10.7. The molecule has 1 N–H and O–H groups in total. The highest BCUT2D eigenvalue weighted by atomic mass is 16.5. The number of hydrogen-bond donors (Lipinski definition) is 1. The number of fused-ring (bicyclic) bond motifs is 1. The van der Waals surface area contributed by atoms with Crippen molar-refractivity contribution in [2.24, 2.45) is 0 Å². The van der Waals surface area contributed by atoms with Crippen molar-refractivity contribution in [1.29, 1.82) is 0 Å². The van der Waals surface area contributed by atoms with Gasteiger partial charge in [0.25, 0.3) is 5.56 Å². The highest BCUT2D eigenvalue weighted by Crippen LogP contribution is 2.13. The van der Waals surface area contributed by atoms with Crippen LogP contribution in [0.25, 0.3) is 5.52 Å². The molecule has 2 rings (SSSR count). The first-order valence-corrected chi connectivity index (χ1v) is 7.05. The lowest BCUT2D eigenvalue weighted by Crippen LogP contribution is -2.29. The highest BCUT2D eigenvalue weighted by molar-refractivity contribution is 5.97. The minimum atomic E-state index is -1.48. The van der Waals surface area contributed by atoms with Crippen LogP contribution in [0.15, 0.2) is 35.3 Å². The van der Waals surface area contributed by atoms with Crippen molar-refractivity contribution < 1.29 is 24.2 Å². The molecule has 2 heterocycles. The number of nitrogens with zero attached hydrogens (tertiary/aromatic N) is 1. The van der Waals surface area contributed by atoms with Crippen LogP contribution in [-0.2, 0) is 20.7 Å². The summed E-state index contributed by atoms with van der Waals surface area (Å²) in [6.45, 7) is 1.87. The SMILES string of the molecule is CCOC(=O)c1cc(C[C@H](O)C(=O)OC)c(=O)n2ccccc12. The number of methoxy groups -OCH3 is 1. The zero-order chi connectivity index (χ0) is 17.0. The Morgan fingerprint density at radius 1 is 1.35 bits per heavy atom. The van der Waals surface area contributed by atoms with Gasteiger partial charge in [-0.15, -0.1) is 0 Å². The molecule has 0 bridgehead atoms. The average molecular weight is 319 g/mol. The first-order valence-electron chi connectivity index (χ1n) is 7.05. The molecule has 2 aromatic heterocycles. The standard InChI is InChI=1S/C16H17NO6/c1-3-23-15(20)11-8-10(9-13(18)16(21)22-2)14(19)17-7-5-4-6-12(11)17/h4-8,13,18H,3,9H2,1-2H3/t13-/m0/s1. The van der Waals surface area contributed by atoms with Crippen LogP contribution in [0.3, 0.4) is 0 Å². The van der Waals surface area contributed by atoms with Gasteiger partial charge in [-0.05, 0) is 25.1 Å². The molecule has 0 aliphatic rings. The third-order valence-electron chi connectivity index (χ3n) is 3.33. The summed E-state index contributed by atoms with van der Waals surface area (Å²) in [7, 11) is 1.14. The van der Waals surface area contributed by atoms with Crippen LogP contribution >= 0.6 is 0 Å². The van der Waals surface area contributed by atoms with Gasteiger partial charge in [0.1, 0.15) is 0 Å². The number of carbonyl (C=O) groups excluding carboxylic acids is 2. The Morgan fingerprint density at radius 3 is 2.74 bits per heavy atom. The van der Waals surface area contributed by atoms with Crippen LogP contribution in [0.2, 0.25) is 0 Å². The van der Waals surface area contributed by atoms with Gasteiger partial charge in [-0.2, -0.15) is 0 Å². The second-order valence-corrected chi connectivity index (χ2v) is 4.81. The molecule has 7 nitrogen and oxygen atoms in total. The van der Waals surface area contributed by atoms with E-state index in [-0.39, 0.29) is 24.2 Å². The normalized spacial score (nSPS) is 12.0. The molecule has 1 atom stereocenters. The molecule has 0 saturated heterocycles. The summed E-state index contributed by atoms with van der Waals surface area (Å²) >= 11 is 0. The predicted octanol–water partition coefficient (Wildman–Crippen LogP) is 0.553. The van der Waals surface area contributed by atoms with E-state index in [0.29, 0.717) is 5.52 Å². The maximum Gasteiger partial charge on any atom is 0.340 e. The van der Waals surface area contributed by atoms with Crippen molar-refractivity contribution in [1.82, 2.24) is 4.40 Å². The molecule has 0 aromatic carbocycles. The molecule has 0 aliphatic carbocycles. The topological polar surface area (TPSA) is 94.3 Å². The molecule has 122 valence electrons. The quantitative estimate of drug-likeness (QED) is 0.809. The van der Waals surface area contributed by atoms with Gasteiger partial charge >= 0.3 is 11.9 Å². The van der Waals surface area contributed by atoms with Gasteiger partial charge in [0.15, 0.2) is 6.10 Å². The smallest absolute Gasteiger partial charge is 0.340 e. The molecule has 0 unspecified atom stereocenters. The van der Waals surface area contributed by atoms with Crippen LogP contribution < -0.4 is 5.56 Å². The van der Waals surface area contributed by atoms with Crippen LogP contribution in [0.1, 0.15) is 22.8 Å². The number of esters is 2. The number of aliphatic hydroxyl groups is 1. The van der Waals surface area contributed by atoms with E-state index in [0.717, 1.165) is 7.11 Å². The summed E-state index contributed by atoms with van der Waals surface area (Å²) in [4.78, 5) is 35.9. The van der Waals surface area contributed by atoms with Crippen molar-refractivity contribution in [3.8, 4) is 0 Å². The van der Waals surface area contributed by atoms with E-state index in [2.05, 4.69) is 4.74 Å². The predicted molar refractivity (Wildman–Crippen MR) is 81.4 cm³/mol. The zero-order valence-corrected chi connectivity index (χ0v) is 12.8. The summed E-state index contributed by atoms with van der Waals surface area (Å²) in [5, 5.41) is 9.76. The average Bonchev–Trinajstić information content (AvgIpc) is 2.56. The van der Waals surface area contributed by atoms with Crippen LogP contribution in [0, 0.1) is 0 Å². The molecular weight excluding hydrogens is 302 g/mol. The Kier molecular flexibility index (Phi) is 5.13. The van der Waals surface area contributed by atoms with Crippen molar-refractivity contribution in [2.75, 3.05) is 13.7 Å². The van der Waals surface area contributed by atoms with Crippen LogP contribution in [-0.4, -0.2) is 41.3 Å².